The minimum atomic E-state index is -0.739. The lowest BCUT2D eigenvalue weighted by molar-refractivity contribution is -0.137. The maximum atomic E-state index is 10.9. The zero-order valence-electron chi connectivity index (χ0n) is 26.5. The van der Waals surface area contributed by atoms with Crippen LogP contribution in [0, 0.1) is 0 Å². The third-order valence-electron chi connectivity index (χ3n) is 6.47. The van der Waals surface area contributed by atoms with Gasteiger partial charge in [-0.2, -0.15) is 0 Å². The van der Waals surface area contributed by atoms with Crippen molar-refractivity contribution in [1.82, 2.24) is 0 Å². The first-order valence-electron chi connectivity index (χ1n) is 14.3. The Hall–Kier alpha value is -1.94. The van der Waals surface area contributed by atoms with Crippen LogP contribution in [-0.4, -0.2) is 30.6 Å². The first-order chi connectivity index (χ1) is 18.3. The molecule has 0 fully saturated rings. The van der Waals surface area contributed by atoms with Crippen LogP contribution in [0.4, 0.5) is 0 Å². The van der Waals surface area contributed by atoms with Crippen molar-refractivity contribution in [3.05, 3.63) is 64.7 Å². The van der Waals surface area contributed by atoms with Crippen molar-refractivity contribution in [2.24, 2.45) is 0 Å². The second kappa shape index (κ2) is 13.8. The van der Waals surface area contributed by atoms with E-state index < -0.39 is 17.2 Å². The van der Waals surface area contributed by atoms with E-state index in [2.05, 4.69) is 113 Å². The van der Waals surface area contributed by atoms with E-state index in [9.17, 15) is 4.79 Å². The zero-order chi connectivity index (χ0) is 30.4. The SMILES string of the molecule is CC(CCCC(=O)O)c1cccc(COc2ccc(C(C)(C)O[Si]C(C)(C)C)c(C(C)(C)O[Si]C(C)(C)C)c2)c1. The highest BCUT2D eigenvalue weighted by Gasteiger charge is 2.34. The molecule has 40 heavy (non-hydrogen) atoms. The van der Waals surface area contributed by atoms with E-state index in [0.717, 1.165) is 28.9 Å². The van der Waals surface area contributed by atoms with Crippen LogP contribution in [0.2, 0.25) is 10.1 Å². The zero-order valence-corrected chi connectivity index (χ0v) is 28.5. The quantitative estimate of drug-likeness (QED) is 0.226. The summed E-state index contributed by atoms with van der Waals surface area (Å²) in [4.78, 5) is 10.9. The molecule has 0 amide bonds. The normalized spacial score (nSPS) is 13.8. The van der Waals surface area contributed by atoms with Crippen LogP contribution in [0.25, 0.3) is 0 Å². The van der Waals surface area contributed by atoms with Crippen molar-refractivity contribution in [3.63, 3.8) is 0 Å². The molecule has 0 spiro atoms. The van der Waals surface area contributed by atoms with Crippen molar-refractivity contribution in [2.75, 3.05) is 0 Å². The van der Waals surface area contributed by atoms with Gasteiger partial charge in [0.05, 0.1) is 11.2 Å². The Kier molecular flexibility index (Phi) is 11.8. The number of rotatable bonds is 14. The van der Waals surface area contributed by atoms with E-state index in [4.69, 9.17) is 18.7 Å². The first-order valence-corrected chi connectivity index (χ1v) is 16.1. The monoisotopic (exact) mass is 582 g/mol. The number of aliphatic carboxylic acids is 1. The number of carboxylic acids is 1. The molecule has 1 N–H and O–H groups in total. The molecule has 0 aliphatic rings. The molecule has 1 unspecified atom stereocenters. The van der Waals surface area contributed by atoms with Crippen LogP contribution in [0.15, 0.2) is 42.5 Å². The minimum absolute atomic E-state index is 0.0704. The molecular weight excluding hydrogens is 533 g/mol. The number of hydrogen-bond donors (Lipinski definition) is 1. The van der Waals surface area contributed by atoms with Gasteiger partial charge in [-0.05, 0) is 90.9 Å². The second-order valence-electron chi connectivity index (χ2n) is 13.9. The van der Waals surface area contributed by atoms with Crippen molar-refractivity contribution in [2.45, 2.75) is 129 Å². The Morgan fingerprint density at radius 3 is 1.95 bits per heavy atom. The van der Waals surface area contributed by atoms with Gasteiger partial charge < -0.3 is 18.7 Å². The second-order valence-corrected chi connectivity index (χ2v) is 17.7. The van der Waals surface area contributed by atoms with E-state index >= 15 is 0 Å². The van der Waals surface area contributed by atoms with Gasteiger partial charge in [-0.3, -0.25) is 4.79 Å². The van der Waals surface area contributed by atoms with Gasteiger partial charge in [-0.15, -0.1) is 0 Å². The van der Waals surface area contributed by atoms with Crippen molar-refractivity contribution in [3.8, 4) is 5.75 Å². The maximum Gasteiger partial charge on any atom is 0.303 e. The molecule has 2 aromatic rings. The molecule has 7 heteroatoms. The highest BCUT2D eigenvalue weighted by molar-refractivity contribution is 6.32. The molecule has 0 saturated heterocycles. The van der Waals surface area contributed by atoms with Crippen molar-refractivity contribution < 1.29 is 23.5 Å². The summed E-state index contributed by atoms with van der Waals surface area (Å²) in [5, 5.41) is 9.10. The summed E-state index contributed by atoms with van der Waals surface area (Å²) < 4.78 is 19.4. The van der Waals surface area contributed by atoms with Crippen molar-refractivity contribution >= 4 is 25.5 Å². The van der Waals surface area contributed by atoms with Gasteiger partial charge in [-0.1, -0.05) is 78.8 Å². The molecular formula is C33H50O5Si2. The Labute approximate surface area is 248 Å². The maximum absolute atomic E-state index is 10.9. The average Bonchev–Trinajstić information content (AvgIpc) is 2.84. The van der Waals surface area contributed by atoms with Gasteiger partial charge in [0, 0.05) is 6.42 Å². The number of carbonyl (C=O) groups is 1. The molecule has 0 bridgehead atoms. The third-order valence-corrected chi connectivity index (χ3v) is 8.92. The number of hydrogen-bond acceptors (Lipinski definition) is 4. The average molecular weight is 583 g/mol. The standard InChI is InChI=1S/C33H50O5Si2/c1-23(14-12-17-29(34)35)25-16-13-15-24(20-25)22-36-26-18-19-27(32(8,9)37-39-30(2,3)4)28(21-26)33(10,11)38-40-31(5,6)7/h13,15-16,18-21,23H,12,14,17,22H2,1-11H3,(H,34,35). The predicted octanol–water partition coefficient (Wildman–Crippen LogP) is 8.80. The van der Waals surface area contributed by atoms with Crippen LogP contribution in [0.1, 0.15) is 124 Å². The van der Waals surface area contributed by atoms with E-state index in [-0.39, 0.29) is 16.5 Å². The highest BCUT2D eigenvalue weighted by atomic mass is 28.2. The Bertz CT molecular complexity index is 1110. The predicted molar refractivity (Wildman–Crippen MR) is 166 cm³/mol. The van der Waals surface area contributed by atoms with Gasteiger partial charge in [0.25, 0.3) is 0 Å². The first kappa shape index (κ1) is 34.3. The minimum Gasteiger partial charge on any atom is -0.489 e. The van der Waals surface area contributed by atoms with E-state index in [0.29, 0.717) is 38.5 Å². The van der Waals surface area contributed by atoms with Gasteiger partial charge >= 0.3 is 5.97 Å². The molecule has 5 nitrogen and oxygen atoms in total. The molecule has 0 heterocycles. The largest absolute Gasteiger partial charge is 0.489 e. The molecule has 0 saturated carbocycles. The summed E-state index contributed by atoms with van der Waals surface area (Å²) in [6.45, 7) is 24.3. The lowest BCUT2D eigenvalue weighted by atomic mass is 9.85. The van der Waals surface area contributed by atoms with E-state index in [1.54, 1.807) is 0 Å². The van der Waals surface area contributed by atoms with Crippen LogP contribution in [0.5, 0.6) is 5.75 Å². The molecule has 0 aliphatic carbocycles. The molecule has 220 valence electrons. The summed E-state index contributed by atoms with van der Waals surface area (Å²) >= 11 is 0. The topological polar surface area (TPSA) is 65.0 Å². The third kappa shape index (κ3) is 11.5. The molecule has 2 aromatic carbocycles. The van der Waals surface area contributed by atoms with Crippen LogP contribution >= 0.6 is 0 Å². The molecule has 0 aliphatic heterocycles. The van der Waals surface area contributed by atoms with Gasteiger partial charge in [-0.25, -0.2) is 0 Å². The van der Waals surface area contributed by atoms with E-state index in [1.165, 1.54) is 5.56 Å². The lowest BCUT2D eigenvalue weighted by Crippen LogP contribution is -2.34. The smallest absolute Gasteiger partial charge is 0.303 e. The summed E-state index contributed by atoms with van der Waals surface area (Å²) in [7, 11) is 0.711. The Balaban J connectivity index is 2.30. The summed E-state index contributed by atoms with van der Waals surface area (Å²) in [6.07, 6.45) is 1.73. The van der Waals surface area contributed by atoms with Crippen LogP contribution in [0.3, 0.4) is 0 Å². The fourth-order valence-electron chi connectivity index (χ4n) is 4.19. The molecule has 1 atom stereocenters. The summed E-state index contributed by atoms with van der Waals surface area (Å²) in [5.41, 5.74) is 3.46. The lowest BCUT2D eigenvalue weighted by Gasteiger charge is -2.37. The molecule has 0 aromatic heterocycles. The fraction of sp³-hybridized carbons (Fsp3) is 0.606. The molecule has 4 radical (unpaired) electrons. The fourth-order valence-corrected chi connectivity index (χ4v) is 5.53. The van der Waals surface area contributed by atoms with Gasteiger partial charge in [0.15, 0.2) is 0 Å². The van der Waals surface area contributed by atoms with Crippen LogP contribution < -0.4 is 4.74 Å². The summed E-state index contributed by atoms with van der Waals surface area (Å²) in [6, 6.07) is 14.7. The van der Waals surface area contributed by atoms with Gasteiger partial charge in [0.2, 0.25) is 19.5 Å². The number of carboxylic acid groups (broad SMARTS) is 1. The Morgan fingerprint density at radius 1 is 0.825 bits per heavy atom. The highest BCUT2D eigenvalue weighted by Crippen LogP contribution is 2.40. The number of benzene rings is 2. The molecule has 2 rings (SSSR count). The summed E-state index contributed by atoms with van der Waals surface area (Å²) in [5.74, 6) is 0.350. The van der Waals surface area contributed by atoms with E-state index in [1.807, 2.05) is 6.07 Å². The Morgan fingerprint density at radius 2 is 1.40 bits per heavy atom. The number of ether oxygens (including phenoxy) is 1. The van der Waals surface area contributed by atoms with Gasteiger partial charge in [0.1, 0.15) is 12.4 Å². The van der Waals surface area contributed by atoms with Crippen molar-refractivity contribution in [1.29, 1.82) is 0 Å². The van der Waals surface area contributed by atoms with Crippen LogP contribution in [-0.2, 0) is 31.5 Å².